The van der Waals surface area contributed by atoms with Crippen LogP contribution in [0.3, 0.4) is 0 Å². The summed E-state index contributed by atoms with van der Waals surface area (Å²) in [6.07, 6.45) is 4.24. The molecule has 1 fully saturated rings. The molecule has 3 rings (SSSR count). The fourth-order valence-corrected chi connectivity index (χ4v) is 2.12. The molecule has 2 heterocycles. The molecule has 0 amide bonds. The van der Waals surface area contributed by atoms with Gasteiger partial charge in [0, 0.05) is 27.2 Å². The zero-order valence-electron chi connectivity index (χ0n) is 13.3. The normalized spacial score (nSPS) is 13.5. The topological polar surface area (TPSA) is 99.1 Å². The van der Waals surface area contributed by atoms with Crippen LogP contribution in [0.5, 0.6) is 0 Å². The van der Waals surface area contributed by atoms with E-state index in [2.05, 4.69) is 30.6 Å². The summed E-state index contributed by atoms with van der Waals surface area (Å²) in [5.41, 5.74) is 1.39. The molecule has 1 aliphatic carbocycles. The fraction of sp³-hybridized carbons (Fsp3) is 0.571. The van der Waals surface area contributed by atoms with Crippen LogP contribution in [0.1, 0.15) is 12.8 Å². The molecular formula is C14H22ClN7O. The molecule has 2 aromatic heterocycles. The van der Waals surface area contributed by atoms with Crippen molar-refractivity contribution in [3.8, 4) is 0 Å². The lowest BCUT2D eigenvalue weighted by atomic mass is 10.4. The lowest BCUT2D eigenvalue weighted by molar-refractivity contribution is 0.311. The van der Waals surface area contributed by atoms with Crippen LogP contribution in [0, 0.1) is 5.92 Å². The van der Waals surface area contributed by atoms with Gasteiger partial charge >= 0.3 is 0 Å². The van der Waals surface area contributed by atoms with Crippen LogP contribution in [0.25, 0.3) is 11.0 Å². The molecule has 1 saturated carbocycles. The fourth-order valence-electron chi connectivity index (χ4n) is 2.12. The van der Waals surface area contributed by atoms with Crippen molar-refractivity contribution in [2.24, 2.45) is 5.92 Å². The van der Waals surface area contributed by atoms with Crippen molar-refractivity contribution < 1.29 is 5.11 Å². The Morgan fingerprint density at radius 2 is 1.96 bits per heavy atom. The van der Waals surface area contributed by atoms with E-state index < -0.39 is 0 Å². The predicted octanol–water partition coefficient (Wildman–Crippen LogP) is 1.13. The quantitative estimate of drug-likeness (QED) is 0.690. The highest BCUT2D eigenvalue weighted by Crippen LogP contribution is 2.29. The molecule has 0 saturated heterocycles. The van der Waals surface area contributed by atoms with Gasteiger partial charge in [-0.25, -0.2) is 15.0 Å². The van der Waals surface area contributed by atoms with Gasteiger partial charge in [0.05, 0.1) is 12.8 Å². The number of anilines is 3. The summed E-state index contributed by atoms with van der Waals surface area (Å²) in [6, 6.07) is 0. The van der Waals surface area contributed by atoms with E-state index in [0.717, 1.165) is 18.3 Å². The van der Waals surface area contributed by atoms with Crippen LogP contribution >= 0.6 is 12.4 Å². The van der Waals surface area contributed by atoms with Gasteiger partial charge in [0.25, 0.3) is 0 Å². The standard InChI is InChI=1S/C14H21N7O.ClH/c1-21(2)12-11-10(8-17-13(19-11)15-5-6-22)18-14(20-12)16-7-9-3-4-9;/h8-9,22H,3-7H2,1-2H3,(H,15,17,19)(H,16,18,20);1H. The van der Waals surface area contributed by atoms with Gasteiger partial charge in [-0.1, -0.05) is 0 Å². The summed E-state index contributed by atoms with van der Waals surface area (Å²) >= 11 is 0. The van der Waals surface area contributed by atoms with Crippen LogP contribution in [0.4, 0.5) is 17.7 Å². The monoisotopic (exact) mass is 339 g/mol. The SMILES string of the molecule is CN(C)c1nc(NCC2CC2)nc2cnc(NCCO)nc12.Cl. The highest BCUT2D eigenvalue weighted by Gasteiger charge is 2.21. The van der Waals surface area contributed by atoms with Gasteiger partial charge in [0.2, 0.25) is 11.9 Å². The van der Waals surface area contributed by atoms with E-state index in [1.165, 1.54) is 12.8 Å². The number of rotatable bonds is 7. The zero-order valence-corrected chi connectivity index (χ0v) is 14.1. The number of fused-ring (bicyclic) bond motifs is 1. The van der Waals surface area contributed by atoms with Crippen molar-refractivity contribution >= 4 is 41.2 Å². The third kappa shape index (κ3) is 4.29. The number of nitrogens with zero attached hydrogens (tertiary/aromatic N) is 5. The second-order valence-corrected chi connectivity index (χ2v) is 5.67. The number of aliphatic hydroxyl groups excluding tert-OH is 1. The summed E-state index contributed by atoms with van der Waals surface area (Å²) in [4.78, 5) is 19.6. The minimum Gasteiger partial charge on any atom is -0.395 e. The molecule has 0 radical (unpaired) electrons. The summed E-state index contributed by atoms with van der Waals surface area (Å²) in [6.45, 7) is 1.35. The number of nitrogens with one attached hydrogen (secondary N) is 2. The average molecular weight is 340 g/mol. The smallest absolute Gasteiger partial charge is 0.225 e. The Morgan fingerprint density at radius 1 is 1.17 bits per heavy atom. The molecule has 0 unspecified atom stereocenters. The van der Waals surface area contributed by atoms with Crippen LogP contribution in [-0.4, -0.2) is 58.8 Å². The maximum atomic E-state index is 8.87. The van der Waals surface area contributed by atoms with Crippen molar-refractivity contribution in [1.29, 1.82) is 0 Å². The molecule has 2 aromatic rings. The molecule has 0 aliphatic heterocycles. The highest BCUT2D eigenvalue weighted by atomic mass is 35.5. The van der Waals surface area contributed by atoms with Gasteiger partial charge in [-0.2, -0.15) is 4.98 Å². The summed E-state index contributed by atoms with van der Waals surface area (Å²) < 4.78 is 0. The lowest BCUT2D eigenvalue weighted by Crippen LogP contribution is -2.16. The molecule has 0 aromatic carbocycles. The Kier molecular flexibility index (Phi) is 5.73. The van der Waals surface area contributed by atoms with E-state index in [0.29, 0.717) is 29.5 Å². The van der Waals surface area contributed by atoms with Crippen LogP contribution in [0.15, 0.2) is 6.20 Å². The Morgan fingerprint density at radius 3 is 2.61 bits per heavy atom. The molecule has 3 N–H and O–H groups in total. The number of halogens is 1. The molecule has 23 heavy (non-hydrogen) atoms. The molecule has 0 atom stereocenters. The molecule has 9 heteroatoms. The summed E-state index contributed by atoms with van der Waals surface area (Å²) in [5, 5.41) is 15.1. The number of hydrogen-bond acceptors (Lipinski definition) is 8. The molecule has 126 valence electrons. The third-order valence-corrected chi connectivity index (χ3v) is 3.48. The number of aromatic nitrogens is 4. The first-order chi connectivity index (χ1) is 10.7. The zero-order chi connectivity index (χ0) is 15.5. The summed E-state index contributed by atoms with van der Waals surface area (Å²) in [5.74, 6) is 2.58. The van der Waals surface area contributed by atoms with E-state index in [1.807, 2.05) is 19.0 Å². The highest BCUT2D eigenvalue weighted by molar-refractivity contribution is 5.86. The number of hydrogen-bond donors (Lipinski definition) is 3. The minimum atomic E-state index is 0. The van der Waals surface area contributed by atoms with E-state index in [9.17, 15) is 0 Å². The maximum absolute atomic E-state index is 8.87. The summed E-state index contributed by atoms with van der Waals surface area (Å²) in [7, 11) is 3.85. The van der Waals surface area contributed by atoms with E-state index in [-0.39, 0.29) is 19.0 Å². The molecule has 0 spiro atoms. The molecular weight excluding hydrogens is 318 g/mol. The van der Waals surface area contributed by atoms with Crippen LogP contribution in [0.2, 0.25) is 0 Å². The van der Waals surface area contributed by atoms with E-state index in [1.54, 1.807) is 6.20 Å². The Hall–Kier alpha value is -1.93. The second kappa shape index (κ2) is 7.56. The second-order valence-electron chi connectivity index (χ2n) is 5.67. The van der Waals surface area contributed by atoms with Gasteiger partial charge < -0.3 is 20.6 Å². The van der Waals surface area contributed by atoms with Crippen molar-refractivity contribution in [3.63, 3.8) is 0 Å². The Labute approximate surface area is 141 Å². The van der Waals surface area contributed by atoms with E-state index >= 15 is 0 Å². The van der Waals surface area contributed by atoms with Gasteiger partial charge in [0.1, 0.15) is 11.0 Å². The van der Waals surface area contributed by atoms with Gasteiger partial charge in [-0.15, -0.1) is 12.4 Å². The van der Waals surface area contributed by atoms with Gasteiger partial charge in [0.15, 0.2) is 5.82 Å². The minimum absolute atomic E-state index is 0. The van der Waals surface area contributed by atoms with Gasteiger partial charge in [-0.05, 0) is 18.8 Å². The first-order valence-corrected chi connectivity index (χ1v) is 7.48. The average Bonchev–Trinajstić information content (AvgIpc) is 3.34. The molecule has 0 bridgehead atoms. The van der Waals surface area contributed by atoms with Crippen LogP contribution in [-0.2, 0) is 0 Å². The van der Waals surface area contributed by atoms with Crippen molar-refractivity contribution in [2.45, 2.75) is 12.8 Å². The van der Waals surface area contributed by atoms with Crippen LogP contribution < -0.4 is 15.5 Å². The number of aliphatic hydroxyl groups is 1. The first kappa shape index (κ1) is 17.4. The lowest BCUT2D eigenvalue weighted by Gasteiger charge is -2.15. The van der Waals surface area contributed by atoms with Crippen molar-refractivity contribution in [2.75, 3.05) is 49.3 Å². The Balaban J connectivity index is 0.00000192. The third-order valence-electron chi connectivity index (χ3n) is 3.48. The van der Waals surface area contributed by atoms with Crippen molar-refractivity contribution in [1.82, 2.24) is 19.9 Å². The first-order valence-electron chi connectivity index (χ1n) is 7.48. The largest absolute Gasteiger partial charge is 0.395 e. The Bertz CT molecular complexity index is 663. The van der Waals surface area contributed by atoms with E-state index in [4.69, 9.17) is 5.11 Å². The molecule has 8 nitrogen and oxygen atoms in total. The van der Waals surface area contributed by atoms with Gasteiger partial charge in [-0.3, -0.25) is 0 Å². The predicted molar refractivity (Wildman–Crippen MR) is 93.5 cm³/mol. The van der Waals surface area contributed by atoms with Crippen molar-refractivity contribution in [3.05, 3.63) is 6.20 Å². The maximum Gasteiger partial charge on any atom is 0.225 e. The molecule has 1 aliphatic rings.